The molecule has 0 bridgehead atoms. The molecule has 5 heteroatoms. The predicted molar refractivity (Wildman–Crippen MR) is 110 cm³/mol. The van der Waals surface area contributed by atoms with Gasteiger partial charge in [-0.15, -0.1) is 0 Å². The lowest BCUT2D eigenvalue weighted by Gasteiger charge is -2.31. The Kier molecular flexibility index (Phi) is 5.51. The van der Waals surface area contributed by atoms with E-state index in [1.54, 1.807) is 7.11 Å². The standard InChI is InChI=1S/C23H26N2O3/c1-27-21-7-8-22-19(17-21)12-16-24(22)13-9-18-10-14-25(15-11-18)23(26)28-20-5-3-2-4-6-20/h2-8,12,16-18H,9-11,13-15H2,1H3. The minimum atomic E-state index is -0.241. The first-order valence-corrected chi connectivity index (χ1v) is 9.87. The smallest absolute Gasteiger partial charge is 0.415 e. The van der Waals surface area contributed by atoms with Gasteiger partial charge in [0.1, 0.15) is 11.5 Å². The molecule has 3 aromatic rings. The number of benzene rings is 2. The minimum absolute atomic E-state index is 0.241. The summed E-state index contributed by atoms with van der Waals surface area (Å²) in [6.07, 6.45) is 5.08. The predicted octanol–water partition coefficient (Wildman–Crippen LogP) is 4.95. The molecule has 0 N–H and O–H groups in total. The number of methoxy groups -OCH3 is 1. The van der Waals surface area contributed by atoms with Crippen LogP contribution in [0, 0.1) is 5.92 Å². The summed E-state index contributed by atoms with van der Waals surface area (Å²) in [5.74, 6) is 2.13. The highest BCUT2D eigenvalue weighted by Crippen LogP contribution is 2.25. The van der Waals surface area contributed by atoms with Crippen molar-refractivity contribution < 1.29 is 14.3 Å². The molecule has 5 nitrogen and oxygen atoms in total. The van der Waals surface area contributed by atoms with Gasteiger partial charge >= 0.3 is 6.09 Å². The van der Waals surface area contributed by atoms with Crippen LogP contribution in [-0.2, 0) is 6.54 Å². The van der Waals surface area contributed by atoms with Crippen LogP contribution < -0.4 is 9.47 Å². The third-order valence-electron chi connectivity index (χ3n) is 5.58. The quantitative estimate of drug-likeness (QED) is 0.631. The van der Waals surface area contributed by atoms with Crippen LogP contribution in [0.4, 0.5) is 4.79 Å². The fraction of sp³-hybridized carbons (Fsp3) is 0.348. The zero-order valence-electron chi connectivity index (χ0n) is 16.2. The third-order valence-corrected chi connectivity index (χ3v) is 5.58. The van der Waals surface area contributed by atoms with Crippen molar-refractivity contribution in [1.82, 2.24) is 9.47 Å². The first-order valence-electron chi connectivity index (χ1n) is 9.87. The third kappa shape index (κ3) is 4.14. The number of nitrogens with zero attached hydrogens (tertiary/aromatic N) is 2. The summed E-state index contributed by atoms with van der Waals surface area (Å²) < 4.78 is 13.1. The summed E-state index contributed by atoms with van der Waals surface area (Å²) in [6, 6.07) is 17.6. The molecule has 1 aromatic heterocycles. The number of hydrogen-bond donors (Lipinski definition) is 0. The van der Waals surface area contributed by atoms with Crippen LogP contribution in [0.1, 0.15) is 19.3 Å². The van der Waals surface area contributed by atoms with Gasteiger partial charge in [0.15, 0.2) is 0 Å². The van der Waals surface area contributed by atoms with Gasteiger partial charge in [-0.1, -0.05) is 18.2 Å². The number of piperidine rings is 1. The second-order valence-electron chi connectivity index (χ2n) is 7.33. The molecule has 0 unspecified atom stereocenters. The molecular weight excluding hydrogens is 352 g/mol. The zero-order valence-corrected chi connectivity index (χ0v) is 16.2. The van der Waals surface area contributed by atoms with Crippen molar-refractivity contribution in [3.8, 4) is 11.5 Å². The van der Waals surface area contributed by atoms with Crippen LogP contribution in [-0.4, -0.2) is 35.8 Å². The number of aryl methyl sites for hydroxylation is 1. The van der Waals surface area contributed by atoms with E-state index in [2.05, 4.69) is 29.0 Å². The Morgan fingerprint density at radius 3 is 2.57 bits per heavy atom. The summed E-state index contributed by atoms with van der Waals surface area (Å²) in [6.45, 7) is 2.52. The lowest BCUT2D eigenvalue weighted by Crippen LogP contribution is -2.40. The van der Waals surface area contributed by atoms with E-state index in [-0.39, 0.29) is 6.09 Å². The maximum Gasteiger partial charge on any atom is 0.415 e. The summed E-state index contributed by atoms with van der Waals surface area (Å²) in [5.41, 5.74) is 1.24. The molecule has 1 aliphatic heterocycles. The van der Waals surface area contributed by atoms with Crippen molar-refractivity contribution in [2.24, 2.45) is 5.92 Å². The van der Waals surface area contributed by atoms with Crippen LogP contribution in [0.3, 0.4) is 0 Å². The van der Waals surface area contributed by atoms with Gasteiger partial charge in [0.05, 0.1) is 7.11 Å². The molecule has 1 saturated heterocycles. The Morgan fingerprint density at radius 1 is 1.04 bits per heavy atom. The highest BCUT2D eigenvalue weighted by atomic mass is 16.6. The van der Waals surface area contributed by atoms with Gasteiger partial charge in [-0.3, -0.25) is 0 Å². The molecule has 0 aliphatic carbocycles. The molecule has 146 valence electrons. The zero-order chi connectivity index (χ0) is 19.3. The number of ether oxygens (including phenoxy) is 2. The van der Waals surface area contributed by atoms with Gasteiger partial charge in [-0.05, 0) is 61.6 Å². The van der Waals surface area contributed by atoms with Crippen molar-refractivity contribution >= 4 is 17.0 Å². The molecular formula is C23H26N2O3. The van der Waals surface area contributed by atoms with Crippen LogP contribution in [0.5, 0.6) is 11.5 Å². The first kappa shape index (κ1) is 18.4. The van der Waals surface area contributed by atoms with Gasteiger partial charge < -0.3 is 18.9 Å². The van der Waals surface area contributed by atoms with Gasteiger partial charge in [-0.2, -0.15) is 0 Å². The van der Waals surface area contributed by atoms with Crippen LogP contribution in [0.2, 0.25) is 0 Å². The molecule has 0 radical (unpaired) electrons. The number of rotatable bonds is 5. The number of aromatic nitrogens is 1. The molecule has 1 fully saturated rings. The lowest BCUT2D eigenvalue weighted by atomic mass is 9.94. The van der Waals surface area contributed by atoms with Crippen molar-refractivity contribution in [2.75, 3.05) is 20.2 Å². The topological polar surface area (TPSA) is 43.7 Å². The van der Waals surface area contributed by atoms with Crippen LogP contribution >= 0.6 is 0 Å². The van der Waals surface area contributed by atoms with E-state index in [0.717, 1.165) is 44.6 Å². The molecule has 1 aliphatic rings. The van der Waals surface area contributed by atoms with Gasteiger partial charge in [0, 0.05) is 36.7 Å². The van der Waals surface area contributed by atoms with Gasteiger partial charge in [0.25, 0.3) is 0 Å². The summed E-state index contributed by atoms with van der Waals surface area (Å²) in [4.78, 5) is 14.1. The van der Waals surface area contributed by atoms with Crippen molar-refractivity contribution in [2.45, 2.75) is 25.8 Å². The van der Waals surface area contributed by atoms with Crippen LogP contribution in [0.15, 0.2) is 60.8 Å². The maximum absolute atomic E-state index is 12.3. The molecule has 1 amide bonds. The highest BCUT2D eigenvalue weighted by Gasteiger charge is 2.24. The fourth-order valence-electron chi connectivity index (χ4n) is 3.88. The average Bonchev–Trinajstić information content (AvgIpc) is 3.15. The Hall–Kier alpha value is -2.95. The number of amides is 1. The monoisotopic (exact) mass is 378 g/mol. The van der Waals surface area contributed by atoms with E-state index in [9.17, 15) is 4.79 Å². The van der Waals surface area contributed by atoms with E-state index in [1.807, 2.05) is 41.3 Å². The largest absolute Gasteiger partial charge is 0.497 e. The Balaban J connectivity index is 1.27. The van der Waals surface area contributed by atoms with E-state index in [1.165, 1.54) is 10.9 Å². The van der Waals surface area contributed by atoms with Crippen molar-refractivity contribution in [3.63, 3.8) is 0 Å². The number of fused-ring (bicyclic) bond motifs is 1. The molecule has 0 atom stereocenters. The molecule has 28 heavy (non-hydrogen) atoms. The van der Waals surface area contributed by atoms with E-state index in [4.69, 9.17) is 9.47 Å². The molecule has 2 heterocycles. The van der Waals surface area contributed by atoms with E-state index >= 15 is 0 Å². The maximum atomic E-state index is 12.3. The summed E-state index contributed by atoms with van der Waals surface area (Å²) in [5, 5.41) is 1.21. The molecule has 2 aromatic carbocycles. The second-order valence-corrected chi connectivity index (χ2v) is 7.33. The van der Waals surface area contributed by atoms with Crippen molar-refractivity contribution in [3.05, 3.63) is 60.8 Å². The number of hydrogen-bond acceptors (Lipinski definition) is 3. The Labute approximate surface area is 165 Å². The Bertz CT molecular complexity index is 927. The molecule has 0 spiro atoms. The number of carbonyl (C=O) groups excluding carboxylic acids is 1. The number of para-hydroxylation sites is 1. The SMILES string of the molecule is COc1ccc2c(ccn2CCC2CCN(C(=O)Oc3ccccc3)CC2)c1. The number of carbonyl (C=O) groups is 1. The van der Waals surface area contributed by atoms with Crippen LogP contribution in [0.25, 0.3) is 10.9 Å². The summed E-state index contributed by atoms with van der Waals surface area (Å²) >= 11 is 0. The average molecular weight is 378 g/mol. The normalized spacial score (nSPS) is 15.0. The summed E-state index contributed by atoms with van der Waals surface area (Å²) in [7, 11) is 1.69. The number of likely N-dealkylation sites (tertiary alicyclic amines) is 1. The molecule has 4 rings (SSSR count). The Morgan fingerprint density at radius 2 is 1.82 bits per heavy atom. The van der Waals surface area contributed by atoms with Gasteiger partial charge in [0.2, 0.25) is 0 Å². The van der Waals surface area contributed by atoms with Gasteiger partial charge in [-0.25, -0.2) is 4.79 Å². The molecule has 0 saturated carbocycles. The first-order chi connectivity index (χ1) is 13.7. The minimum Gasteiger partial charge on any atom is -0.497 e. The second kappa shape index (κ2) is 8.38. The van der Waals surface area contributed by atoms with E-state index < -0.39 is 0 Å². The highest BCUT2D eigenvalue weighted by molar-refractivity contribution is 5.81. The van der Waals surface area contributed by atoms with E-state index in [0.29, 0.717) is 11.7 Å². The fourth-order valence-corrected chi connectivity index (χ4v) is 3.88. The van der Waals surface area contributed by atoms with Crippen molar-refractivity contribution in [1.29, 1.82) is 0 Å². The lowest BCUT2D eigenvalue weighted by molar-refractivity contribution is 0.128.